The molecule has 0 saturated heterocycles. The monoisotopic (exact) mass is 398 g/mol. The average molecular weight is 398 g/mol. The lowest BCUT2D eigenvalue weighted by Crippen LogP contribution is -2.33. The van der Waals surface area contributed by atoms with Gasteiger partial charge in [0.05, 0.1) is 28.7 Å². The Labute approximate surface area is 161 Å². The molecule has 9 heteroatoms. The van der Waals surface area contributed by atoms with Gasteiger partial charge in [0.25, 0.3) is 0 Å². The number of hydrogen-bond acceptors (Lipinski definition) is 9. The molecule has 0 bridgehead atoms. The first-order valence-electron chi connectivity index (χ1n) is 8.15. The summed E-state index contributed by atoms with van der Waals surface area (Å²) in [5, 5.41) is 11.4. The van der Waals surface area contributed by atoms with Gasteiger partial charge < -0.3 is 14.6 Å². The zero-order valence-electron chi connectivity index (χ0n) is 14.2. The minimum absolute atomic E-state index is 0.00566. The fraction of sp³-hybridized carbons (Fsp3) is 0.158. The van der Waals surface area contributed by atoms with Crippen LogP contribution in [0, 0.1) is 0 Å². The van der Waals surface area contributed by atoms with Gasteiger partial charge in [-0.15, -0.1) is 0 Å². The van der Waals surface area contributed by atoms with Gasteiger partial charge in [-0.1, -0.05) is 0 Å². The van der Waals surface area contributed by atoms with Crippen LogP contribution in [0.2, 0.25) is 0 Å². The highest BCUT2D eigenvalue weighted by Gasteiger charge is 2.46. The van der Waals surface area contributed by atoms with Gasteiger partial charge in [0.15, 0.2) is 11.6 Å². The highest BCUT2D eigenvalue weighted by atomic mass is 32.2. The molecule has 28 heavy (non-hydrogen) atoms. The molecular formula is C19H10O8S. The largest absolute Gasteiger partial charge is 0.456 e. The van der Waals surface area contributed by atoms with Crippen LogP contribution in [0.5, 0.6) is 11.5 Å². The molecule has 5 rings (SSSR count). The van der Waals surface area contributed by atoms with E-state index in [0.717, 1.165) is 12.0 Å². The van der Waals surface area contributed by atoms with Crippen molar-refractivity contribution >= 4 is 35.5 Å². The van der Waals surface area contributed by atoms with E-state index in [9.17, 15) is 24.3 Å². The number of ether oxygens (including phenoxy) is 2. The zero-order valence-corrected chi connectivity index (χ0v) is 15.0. The Kier molecular flexibility index (Phi) is 3.36. The molecule has 1 unspecified atom stereocenters. The van der Waals surface area contributed by atoms with Gasteiger partial charge in [0.2, 0.25) is 5.79 Å². The Morgan fingerprint density at radius 3 is 1.96 bits per heavy atom. The fourth-order valence-electron chi connectivity index (χ4n) is 3.66. The van der Waals surface area contributed by atoms with Gasteiger partial charge in [0, 0.05) is 17.4 Å². The van der Waals surface area contributed by atoms with Crippen LogP contribution in [0.3, 0.4) is 0 Å². The number of hydrogen-bond donors (Lipinski definition) is 1. The van der Waals surface area contributed by atoms with Gasteiger partial charge in [0.1, 0.15) is 11.5 Å². The Bertz CT molecular complexity index is 1070. The molecule has 3 aliphatic rings. The maximum absolute atomic E-state index is 12.1. The summed E-state index contributed by atoms with van der Waals surface area (Å²) in [6.07, 6.45) is 1.33. The van der Waals surface area contributed by atoms with E-state index in [2.05, 4.69) is 4.74 Å². The maximum atomic E-state index is 12.1. The number of carbonyl (C=O) groups excluding carboxylic acids is 4. The van der Waals surface area contributed by atoms with Gasteiger partial charge in [-0.05, 0) is 36.3 Å². The molecule has 0 saturated carbocycles. The minimum Gasteiger partial charge on any atom is -0.456 e. The van der Waals surface area contributed by atoms with Crippen LogP contribution < -0.4 is 4.74 Å². The van der Waals surface area contributed by atoms with E-state index in [4.69, 9.17) is 8.92 Å². The van der Waals surface area contributed by atoms with Gasteiger partial charge in [-0.3, -0.25) is 13.8 Å². The molecule has 0 aromatic heterocycles. The van der Waals surface area contributed by atoms with E-state index in [0.29, 0.717) is 0 Å². The van der Waals surface area contributed by atoms with E-state index in [1.54, 1.807) is 6.26 Å². The number of Topliss-reactive ketones (excluding diaryl/α,β-unsaturated/α-hetero) is 2. The van der Waals surface area contributed by atoms with Gasteiger partial charge in [-0.25, -0.2) is 9.59 Å². The second-order valence-corrected chi connectivity index (χ2v) is 6.98. The molecule has 0 amide bonds. The first-order chi connectivity index (χ1) is 13.3. The zero-order chi connectivity index (χ0) is 19.8. The smallest absolute Gasteiger partial charge is 0.347 e. The number of rotatable bonds is 2. The van der Waals surface area contributed by atoms with Crippen molar-refractivity contribution in [1.82, 2.24) is 0 Å². The number of fused-ring (bicyclic) bond motifs is 4. The average Bonchev–Trinajstić information content (AvgIpc) is 3.08. The summed E-state index contributed by atoms with van der Waals surface area (Å²) in [5.74, 6) is -4.24. The molecule has 0 spiro atoms. The number of aliphatic hydroxyl groups is 1. The van der Waals surface area contributed by atoms with Crippen molar-refractivity contribution in [2.24, 2.45) is 0 Å². The third kappa shape index (κ3) is 2.09. The highest BCUT2D eigenvalue weighted by molar-refractivity contribution is 7.93. The van der Waals surface area contributed by atoms with Crippen LogP contribution in [0.4, 0.5) is 0 Å². The number of ketones is 2. The molecule has 8 nitrogen and oxygen atoms in total. The van der Waals surface area contributed by atoms with E-state index >= 15 is 0 Å². The quantitative estimate of drug-likeness (QED) is 0.352. The van der Waals surface area contributed by atoms with Crippen LogP contribution in [-0.2, 0) is 14.7 Å². The summed E-state index contributed by atoms with van der Waals surface area (Å²) in [6, 6.07) is 5.31. The molecule has 0 radical (unpaired) electrons. The van der Waals surface area contributed by atoms with Crippen LogP contribution in [0.15, 0.2) is 24.3 Å². The Morgan fingerprint density at radius 2 is 1.36 bits per heavy atom. The van der Waals surface area contributed by atoms with Crippen LogP contribution in [-0.4, -0.2) is 34.9 Å². The summed E-state index contributed by atoms with van der Waals surface area (Å²) in [7, 11) is 0. The molecule has 0 fully saturated rings. The number of benzene rings is 2. The normalized spacial score (nSPS) is 21.6. The second-order valence-electron chi connectivity index (χ2n) is 6.48. The fourth-order valence-corrected chi connectivity index (χ4v) is 4.08. The summed E-state index contributed by atoms with van der Waals surface area (Å²) in [6.45, 7) is 0. The first kappa shape index (κ1) is 17.1. The Hall–Kier alpha value is -3.01. The molecule has 2 aromatic rings. The van der Waals surface area contributed by atoms with E-state index in [1.807, 2.05) is 0 Å². The van der Waals surface area contributed by atoms with Gasteiger partial charge in [-0.2, -0.15) is 0 Å². The van der Waals surface area contributed by atoms with Crippen molar-refractivity contribution in [3.63, 3.8) is 0 Å². The van der Waals surface area contributed by atoms with Crippen LogP contribution in [0.1, 0.15) is 59.0 Å². The number of cyclic esters (lactones) is 2. The maximum Gasteiger partial charge on any atom is 0.347 e. The van der Waals surface area contributed by atoms with Gasteiger partial charge >= 0.3 is 11.9 Å². The number of carbonyl (C=O) groups is 4. The Balaban J connectivity index is 1.78. The minimum atomic E-state index is -2.08. The van der Waals surface area contributed by atoms with Crippen LogP contribution in [0.25, 0.3) is 0 Å². The van der Waals surface area contributed by atoms with Crippen molar-refractivity contribution in [1.29, 1.82) is 0 Å². The highest BCUT2D eigenvalue weighted by Crippen LogP contribution is 2.51. The molecular weight excluding hydrogens is 388 g/mol. The van der Waals surface area contributed by atoms with Crippen molar-refractivity contribution < 1.29 is 37.9 Å². The second kappa shape index (κ2) is 5.51. The van der Waals surface area contributed by atoms with Crippen molar-refractivity contribution in [2.45, 2.75) is 12.2 Å². The molecule has 1 N–H and O–H groups in total. The molecule has 1 atom stereocenters. The van der Waals surface area contributed by atoms with Crippen molar-refractivity contribution in [2.75, 3.05) is 6.26 Å². The number of esters is 2. The first-order valence-corrected chi connectivity index (χ1v) is 9.30. The molecule has 140 valence electrons. The van der Waals surface area contributed by atoms with E-state index in [1.165, 1.54) is 24.3 Å². The Morgan fingerprint density at radius 1 is 0.857 bits per heavy atom. The third-order valence-corrected chi connectivity index (χ3v) is 5.35. The SMILES string of the molecule is CSOC1(O)c2cc3c(cc2Oc2cc4c(cc21)C(=O)OC4=O)C(=O)CC3=O. The topological polar surface area (TPSA) is 116 Å². The lowest BCUT2D eigenvalue weighted by atomic mass is 9.89. The summed E-state index contributed by atoms with van der Waals surface area (Å²) < 4.78 is 15.9. The van der Waals surface area contributed by atoms with Crippen molar-refractivity contribution in [3.05, 3.63) is 57.6 Å². The summed E-state index contributed by atoms with van der Waals surface area (Å²) in [4.78, 5) is 47.9. The summed E-state index contributed by atoms with van der Waals surface area (Å²) >= 11 is 0.863. The molecule has 1 aliphatic carbocycles. The van der Waals surface area contributed by atoms with Crippen molar-refractivity contribution in [3.8, 4) is 11.5 Å². The van der Waals surface area contributed by atoms with Crippen LogP contribution >= 0.6 is 12.0 Å². The third-order valence-electron chi connectivity index (χ3n) is 4.94. The van der Waals surface area contributed by atoms with E-state index < -0.39 is 17.7 Å². The summed E-state index contributed by atoms with van der Waals surface area (Å²) in [5.41, 5.74) is 0.562. The molecule has 2 aromatic carbocycles. The van der Waals surface area contributed by atoms with E-state index in [-0.39, 0.29) is 62.9 Å². The molecule has 2 heterocycles. The standard InChI is InChI=1S/C19H10O8S/c1-28-27-19(24)11-2-7-8(14(21)6-13(7)20)4-15(11)25-16-5-10-9(3-12(16)19)17(22)26-18(10)23/h2-5,24H,6H2,1H3. The predicted octanol–water partition coefficient (Wildman–Crippen LogP) is 2.36. The molecule has 2 aliphatic heterocycles. The lowest BCUT2D eigenvalue weighted by Gasteiger charge is -2.35. The lowest BCUT2D eigenvalue weighted by molar-refractivity contribution is -0.100. The predicted molar refractivity (Wildman–Crippen MR) is 93.6 cm³/mol.